The number of halogens is 2. The summed E-state index contributed by atoms with van der Waals surface area (Å²) < 4.78 is 6.15. The average molecular weight is 404 g/mol. The molecule has 4 rings (SSSR count). The Morgan fingerprint density at radius 3 is 2.73 bits per heavy atom. The topological polar surface area (TPSA) is 41.3 Å². The Kier molecular flexibility index (Phi) is 4.61. The van der Waals surface area contributed by atoms with Crippen LogP contribution in [-0.2, 0) is 0 Å². The molecule has 3 aromatic rings. The summed E-state index contributed by atoms with van der Waals surface area (Å²) in [5.41, 5.74) is 1.71. The average Bonchev–Trinajstić information content (AvgIpc) is 3.21. The molecular formula is C19H15Cl2N3OS. The second kappa shape index (κ2) is 6.91. The zero-order chi connectivity index (χ0) is 18.3. The Hall–Kier alpha value is -2.08. The van der Waals surface area contributed by atoms with Gasteiger partial charge in [0.05, 0.1) is 16.8 Å². The number of nitrogens with one attached hydrogen (secondary N) is 1. The maximum absolute atomic E-state index is 6.31. The van der Waals surface area contributed by atoms with Crippen molar-refractivity contribution in [2.45, 2.75) is 12.1 Å². The van der Waals surface area contributed by atoms with Crippen molar-refractivity contribution in [2.75, 3.05) is 7.05 Å². The van der Waals surface area contributed by atoms with Crippen molar-refractivity contribution in [3.05, 3.63) is 76.2 Å². The number of likely N-dealkylation sites (N-methyl/N-ethyl adjacent to an activating group) is 1. The summed E-state index contributed by atoms with van der Waals surface area (Å²) in [4.78, 5) is 6.45. The zero-order valence-electron chi connectivity index (χ0n) is 13.8. The first-order valence-electron chi connectivity index (χ1n) is 8.04. The van der Waals surface area contributed by atoms with Gasteiger partial charge in [0.15, 0.2) is 5.11 Å². The van der Waals surface area contributed by atoms with Crippen LogP contribution in [0.5, 0.6) is 0 Å². The molecule has 0 radical (unpaired) electrons. The van der Waals surface area contributed by atoms with Crippen molar-refractivity contribution in [1.82, 2.24) is 15.2 Å². The van der Waals surface area contributed by atoms with Crippen LogP contribution in [0.3, 0.4) is 0 Å². The predicted octanol–water partition coefficient (Wildman–Crippen LogP) is 5.25. The fourth-order valence-electron chi connectivity index (χ4n) is 3.16. The van der Waals surface area contributed by atoms with Gasteiger partial charge in [-0.25, -0.2) is 0 Å². The molecule has 1 aromatic carbocycles. The number of hydrogen-bond acceptors (Lipinski definition) is 3. The molecule has 0 bridgehead atoms. The van der Waals surface area contributed by atoms with Crippen LogP contribution in [-0.4, -0.2) is 22.0 Å². The smallest absolute Gasteiger partial charge is 0.170 e. The van der Waals surface area contributed by atoms with Crippen LogP contribution in [0.15, 0.2) is 59.1 Å². The molecule has 1 aliphatic rings. The molecule has 0 unspecified atom stereocenters. The van der Waals surface area contributed by atoms with E-state index in [1.807, 2.05) is 48.3 Å². The van der Waals surface area contributed by atoms with Crippen LogP contribution in [0, 0.1) is 0 Å². The second-order valence-electron chi connectivity index (χ2n) is 6.06. The highest BCUT2D eigenvalue weighted by Gasteiger charge is 2.39. The summed E-state index contributed by atoms with van der Waals surface area (Å²) in [6.45, 7) is 0. The summed E-state index contributed by atoms with van der Waals surface area (Å²) in [7, 11) is 1.94. The van der Waals surface area contributed by atoms with E-state index in [0.717, 1.165) is 17.0 Å². The number of rotatable bonds is 3. The summed E-state index contributed by atoms with van der Waals surface area (Å²) in [5.74, 6) is 1.48. The summed E-state index contributed by atoms with van der Waals surface area (Å²) in [5, 5.41) is 5.13. The minimum Gasteiger partial charge on any atom is -0.459 e. The molecule has 1 saturated heterocycles. The molecule has 0 aliphatic carbocycles. The third kappa shape index (κ3) is 3.07. The van der Waals surface area contributed by atoms with Gasteiger partial charge >= 0.3 is 0 Å². The fourth-order valence-corrected chi connectivity index (χ4v) is 3.90. The number of aromatic nitrogens is 1. The van der Waals surface area contributed by atoms with Gasteiger partial charge in [0.25, 0.3) is 0 Å². The lowest BCUT2D eigenvalue weighted by Crippen LogP contribution is -2.24. The Bertz CT molecular complexity index is 960. The SMILES string of the molecule is CN1C(=S)N[C@@H](c2ccccn2)[C@H]1c1ccc(-c2ccc(Cl)cc2Cl)o1. The molecule has 0 saturated carbocycles. The van der Waals surface area contributed by atoms with Crippen molar-refractivity contribution in [2.24, 2.45) is 0 Å². The second-order valence-corrected chi connectivity index (χ2v) is 7.29. The molecule has 26 heavy (non-hydrogen) atoms. The van der Waals surface area contributed by atoms with E-state index in [0.29, 0.717) is 20.9 Å². The van der Waals surface area contributed by atoms with Gasteiger partial charge in [-0.15, -0.1) is 0 Å². The van der Waals surface area contributed by atoms with Gasteiger partial charge in [-0.3, -0.25) is 4.98 Å². The van der Waals surface area contributed by atoms with E-state index in [1.165, 1.54) is 0 Å². The lowest BCUT2D eigenvalue weighted by molar-refractivity contribution is 0.310. The van der Waals surface area contributed by atoms with E-state index >= 15 is 0 Å². The lowest BCUT2D eigenvalue weighted by Gasteiger charge is -2.21. The molecule has 0 amide bonds. The lowest BCUT2D eigenvalue weighted by atomic mass is 10.0. The van der Waals surface area contributed by atoms with Crippen molar-refractivity contribution in [3.8, 4) is 11.3 Å². The predicted molar refractivity (Wildman–Crippen MR) is 107 cm³/mol. The molecule has 4 nitrogen and oxygen atoms in total. The molecule has 3 heterocycles. The van der Waals surface area contributed by atoms with Gasteiger partial charge < -0.3 is 14.6 Å². The summed E-state index contributed by atoms with van der Waals surface area (Å²) in [6, 6.07) is 14.9. The highest BCUT2D eigenvalue weighted by atomic mass is 35.5. The Labute approximate surface area is 166 Å². The third-order valence-electron chi connectivity index (χ3n) is 4.45. The normalized spacial score (nSPS) is 19.7. The summed E-state index contributed by atoms with van der Waals surface area (Å²) in [6.07, 6.45) is 1.77. The molecule has 132 valence electrons. The van der Waals surface area contributed by atoms with E-state index < -0.39 is 0 Å². The number of furan rings is 1. The Balaban J connectivity index is 1.72. The van der Waals surface area contributed by atoms with E-state index in [9.17, 15) is 0 Å². The summed E-state index contributed by atoms with van der Waals surface area (Å²) >= 11 is 17.7. The molecular weight excluding hydrogens is 389 g/mol. The van der Waals surface area contributed by atoms with Gasteiger partial charge in [0.1, 0.15) is 17.6 Å². The maximum Gasteiger partial charge on any atom is 0.170 e. The number of pyridine rings is 1. The Morgan fingerprint density at radius 1 is 1.15 bits per heavy atom. The molecule has 7 heteroatoms. The number of hydrogen-bond donors (Lipinski definition) is 1. The van der Waals surface area contributed by atoms with E-state index in [1.54, 1.807) is 18.3 Å². The minimum atomic E-state index is -0.0998. The molecule has 1 fully saturated rings. The van der Waals surface area contributed by atoms with Crippen LogP contribution in [0.4, 0.5) is 0 Å². The Morgan fingerprint density at radius 2 is 2.00 bits per heavy atom. The largest absolute Gasteiger partial charge is 0.459 e. The van der Waals surface area contributed by atoms with Crippen LogP contribution in [0.2, 0.25) is 10.0 Å². The van der Waals surface area contributed by atoms with Gasteiger partial charge in [-0.1, -0.05) is 29.3 Å². The van der Waals surface area contributed by atoms with Crippen LogP contribution in [0.25, 0.3) is 11.3 Å². The standard InChI is InChI=1S/C19H15Cl2N3OS/c1-24-18(17(23-19(24)26)14-4-2-3-9-22-14)16-8-7-15(25-16)12-6-5-11(20)10-13(12)21/h2-10,17-18H,1H3,(H,23,26)/t17-,18+/m0/s1. The number of benzene rings is 1. The van der Waals surface area contributed by atoms with Gasteiger partial charge in [-0.05, 0) is 54.7 Å². The highest BCUT2D eigenvalue weighted by molar-refractivity contribution is 7.80. The van der Waals surface area contributed by atoms with Crippen molar-refractivity contribution in [1.29, 1.82) is 0 Å². The first-order valence-corrected chi connectivity index (χ1v) is 9.20. The van der Waals surface area contributed by atoms with E-state index in [2.05, 4.69) is 10.3 Å². The first kappa shape index (κ1) is 17.3. The molecule has 1 N–H and O–H groups in total. The fraction of sp³-hybridized carbons (Fsp3) is 0.158. The van der Waals surface area contributed by atoms with Gasteiger partial charge in [0.2, 0.25) is 0 Å². The monoisotopic (exact) mass is 403 g/mol. The van der Waals surface area contributed by atoms with Gasteiger partial charge in [0, 0.05) is 23.8 Å². The van der Waals surface area contributed by atoms with Crippen molar-refractivity contribution >= 4 is 40.5 Å². The minimum absolute atomic E-state index is 0.0895. The third-order valence-corrected chi connectivity index (χ3v) is 5.41. The van der Waals surface area contributed by atoms with Crippen LogP contribution >= 0.6 is 35.4 Å². The maximum atomic E-state index is 6.31. The quantitative estimate of drug-likeness (QED) is 0.604. The number of thiocarbonyl (C=S) groups is 1. The van der Waals surface area contributed by atoms with Crippen LogP contribution < -0.4 is 5.32 Å². The van der Waals surface area contributed by atoms with Crippen LogP contribution in [0.1, 0.15) is 23.5 Å². The molecule has 0 spiro atoms. The zero-order valence-corrected chi connectivity index (χ0v) is 16.1. The number of nitrogens with zero attached hydrogens (tertiary/aromatic N) is 2. The van der Waals surface area contributed by atoms with Crippen molar-refractivity contribution in [3.63, 3.8) is 0 Å². The molecule has 1 aliphatic heterocycles. The molecule has 2 aromatic heterocycles. The van der Waals surface area contributed by atoms with E-state index in [4.69, 9.17) is 39.8 Å². The van der Waals surface area contributed by atoms with Gasteiger partial charge in [-0.2, -0.15) is 0 Å². The first-order chi connectivity index (χ1) is 12.5. The van der Waals surface area contributed by atoms with Crippen molar-refractivity contribution < 1.29 is 4.42 Å². The van der Waals surface area contributed by atoms with E-state index in [-0.39, 0.29) is 12.1 Å². The highest BCUT2D eigenvalue weighted by Crippen LogP contribution is 2.40. The molecule has 2 atom stereocenters.